The Morgan fingerprint density at radius 3 is 2.57 bits per heavy atom. The lowest BCUT2D eigenvalue weighted by atomic mass is 9.86. The van der Waals surface area contributed by atoms with Gasteiger partial charge in [-0.05, 0) is 36.1 Å². The highest BCUT2D eigenvalue weighted by Gasteiger charge is 2.27. The third kappa shape index (κ3) is 1.73. The summed E-state index contributed by atoms with van der Waals surface area (Å²) in [6.07, 6.45) is 4.73. The van der Waals surface area contributed by atoms with Gasteiger partial charge in [0, 0.05) is 0 Å². The summed E-state index contributed by atoms with van der Waals surface area (Å²) in [7, 11) is 0. The second-order valence-electron chi connectivity index (χ2n) is 3.63. The Morgan fingerprint density at radius 1 is 1.36 bits per heavy atom. The molecule has 1 aromatic rings. The van der Waals surface area contributed by atoms with E-state index in [-0.39, 0.29) is 12.0 Å². The van der Waals surface area contributed by atoms with Crippen LogP contribution in [0.5, 0.6) is 0 Å². The van der Waals surface area contributed by atoms with Crippen LogP contribution >= 0.6 is 0 Å². The van der Waals surface area contributed by atoms with Gasteiger partial charge in [0.15, 0.2) is 0 Å². The predicted molar refractivity (Wildman–Crippen MR) is 46.4 cm³/mol. The third-order valence-corrected chi connectivity index (χ3v) is 2.78. The van der Waals surface area contributed by atoms with E-state index in [2.05, 4.69) is 15.5 Å². The van der Waals surface area contributed by atoms with Crippen molar-refractivity contribution < 1.29 is 9.90 Å². The molecule has 0 amide bonds. The van der Waals surface area contributed by atoms with Crippen molar-refractivity contribution in [1.29, 1.82) is 0 Å². The summed E-state index contributed by atoms with van der Waals surface area (Å²) in [5.41, 5.74) is 0. The zero-order chi connectivity index (χ0) is 9.97. The Balaban J connectivity index is 1.93. The molecule has 1 aliphatic carbocycles. The van der Waals surface area contributed by atoms with Crippen LogP contribution in [0.1, 0.15) is 31.7 Å². The molecule has 1 aliphatic rings. The number of aromatic nitrogens is 4. The van der Waals surface area contributed by atoms with Crippen molar-refractivity contribution in [3.8, 4) is 0 Å². The predicted octanol–water partition coefficient (Wildman–Crippen LogP) is 0.489. The smallest absolute Gasteiger partial charge is 0.306 e. The molecule has 76 valence electrons. The van der Waals surface area contributed by atoms with Gasteiger partial charge in [0.2, 0.25) is 0 Å². The van der Waals surface area contributed by atoms with E-state index in [4.69, 9.17) is 5.11 Å². The van der Waals surface area contributed by atoms with E-state index in [1.807, 2.05) is 0 Å². The molecule has 0 saturated heterocycles. The summed E-state index contributed by atoms with van der Waals surface area (Å²) in [5.74, 6) is -0.858. The van der Waals surface area contributed by atoms with E-state index in [0.717, 1.165) is 25.7 Å². The molecule has 0 atom stereocenters. The van der Waals surface area contributed by atoms with Crippen LogP contribution in [0.3, 0.4) is 0 Å². The van der Waals surface area contributed by atoms with Crippen molar-refractivity contribution in [3.63, 3.8) is 0 Å². The van der Waals surface area contributed by atoms with Crippen molar-refractivity contribution in [2.75, 3.05) is 0 Å². The number of tetrazole rings is 1. The minimum absolute atomic E-state index is 0.178. The number of carboxylic acid groups (broad SMARTS) is 1. The van der Waals surface area contributed by atoms with Gasteiger partial charge in [0.1, 0.15) is 6.33 Å². The third-order valence-electron chi connectivity index (χ3n) is 2.78. The highest BCUT2D eigenvalue weighted by atomic mass is 16.4. The van der Waals surface area contributed by atoms with E-state index in [0.29, 0.717) is 0 Å². The summed E-state index contributed by atoms with van der Waals surface area (Å²) < 4.78 is 1.72. The Labute approximate surface area is 80.9 Å². The van der Waals surface area contributed by atoms with Crippen LogP contribution in [0.25, 0.3) is 0 Å². The lowest BCUT2D eigenvalue weighted by molar-refractivity contribution is -0.143. The maximum Gasteiger partial charge on any atom is 0.306 e. The fraction of sp³-hybridized carbons (Fsp3) is 0.750. The Morgan fingerprint density at radius 2 is 2.07 bits per heavy atom. The molecule has 6 heteroatoms. The van der Waals surface area contributed by atoms with Gasteiger partial charge in [-0.2, -0.15) is 0 Å². The van der Waals surface area contributed by atoms with E-state index < -0.39 is 5.97 Å². The summed E-state index contributed by atoms with van der Waals surface area (Å²) in [4.78, 5) is 10.7. The van der Waals surface area contributed by atoms with Crippen LogP contribution in [0.2, 0.25) is 0 Å². The van der Waals surface area contributed by atoms with Gasteiger partial charge in [-0.1, -0.05) is 0 Å². The van der Waals surface area contributed by atoms with Gasteiger partial charge in [0.25, 0.3) is 0 Å². The largest absolute Gasteiger partial charge is 0.481 e. The molecule has 0 spiro atoms. The first-order valence-electron chi connectivity index (χ1n) is 4.72. The van der Waals surface area contributed by atoms with Crippen LogP contribution < -0.4 is 0 Å². The molecule has 6 nitrogen and oxygen atoms in total. The van der Waals surface area contributed by atoms with Crippen molar-refractivity contribution in [2.24, 2.45) is 5.92 Å². The Hall–Kier alpha value is -1.46. The second kappa shape index (κ2) is 3.73. The van der Waals surface area contributed by atoms with Gasteiger partial charge >= 0.3 is 5.97 Å². The highest BCUT2D eigenvalue weighted by Crippen LogP contribution is 2.31. The first kappa shape index (κ1) is 9.11. The number of rotatable bonds is 2. The Bertz CT molecular complexity index is 303. The van der Waals surface area contributed by atoms with E-state index >= 15 is 0 Å². The molecule has 1 fully saturated rings. The van der Waals surface area contributed by atoms with Crippen LogP contribution in [0.15, 0.2) is 6.33 Å². The first-order chi connectivity index (χ1) is 6.77. The van der Waals surface area contributed by atoms with Crippen molar-refractivity contribution in [3.05, 3.63) is 6.33 Å². The zero-order valence-corrected chi connectivity index (χ0v) is 7.70. The SMILES string of the molecule is O=C(O)[C@H]1CC[C@H](n2cnnn2)CC1. The molecule has 1 aromatic heterocycles. The number of carboxylic acids is 1. The number of hydrogen-bond donors (Lipinski definition) is 1. The molecule has 14 heavy (non-hydrogen) atoms. The van der Waals surface area contributed by atoms with Crippen molar-refractivity contribution in [1.82, 2.24) is 20.2 Å². The number of nitrogens with zero attached hydrogens (tertiary/aromatic N) is 4. The molecule has 0 aliphatic heterocycles. The van der Waals surface area contributed by atoms with Crippen LogP contribution in [-0.2, 0) is 4.79 Å². The molecule has 1 saturated carbocycles. The topological polar surface area (TPSA) is 80.9 Å². The summed E-state index contributed by atoms with van der Waals surface area (Å²) in [6.45, 7) is 0. The highest BCUT2D eigenvalue weighted by molar-refractivity contribution is 5.69. The first-order valence-corrected chi connectivity index (χ1v) is 4.72. The van der Waals surface area contributed by atoms with Gasteiger partial charge in [0.05, 0.1) is 12.0 Å². The summed E-state index contributed by atoms with van der Waals surface area (Å²) >= 11 is 0. The van der Waals surface area contributed by atoms with Gasteiger partial charge in [-0.3, -0.25) is 4.79 Å². The lowest BCUT2D eigenvalue weighted by Gasteiger charge is -2.25. The maximum absolute atomic E-state index is 10.7. The van der Waals surface area contributed by atoms with E-state index in [9.17, 15) is 4.79 Å². The number of hydrogen-bond acceptors (Lipinski definition) is 4. The van der Waals surface area contributed by atoms with Crippen molar-refractivity contribution in [2.45, 2.75) is 31.7 Å². The number of aliphatic carboxylic acids is 1. The van der Waals surface area contributed by atoms with Gasteiger partial charge in [-0.25, -0.2) is 4.68 Å². The molecular formula is C8H12N4O2. The molecular weight excluding hydrogens is 184 g/mol. The molecule has 0 unspecified atom stereocenters. The van der Waals surface area contributed by atoms with Crippen molar-refractivity contribution >= 4 is 5.97 Å². The lowest BCUT2D eigenvalue weighted by Crippen LogP contribution is -2.23. The minimum atomic E-state index is -0.680. The van der Waals surface area contributed by atoms with Gasteiger partial charge < -0.3 is 5.11 Å². The minimum Gasteiger partial charge on any atom is -0.481 e. The zero-order valence-electron chi connectivity index (χ0n) is 7.70. The average Bonchev–Trinajstić information content (AvgIpc) is 2.71. The summed E-state index contributed by atoms with van der Waals surface area (Å²) in [6, 6.07) is 0.278. The fourth-order valence-electron chi connectivity index (χ4n) is 1.92. The quantitative estimate of drug-likeness (QED) is 0.744. The Kier molecular flexibility index (Phi) is 2.43. The molecule has 1 N–H and O–H groups in total. The molecule has 0 bridgehead atoms. The monoisotopic (exact) mass is 196 g/mol. The van der Waals surface area contributed by atoms with E-state index in [1.54, 1.807) is 11.0 Å². The van der Waals surface area contributed by atoms with Gasteiger partial charge in [-0.15, -0.1) is 5.10 Å². The molecule has 2 rings (SSSR count). The molecule has 1 heterocycles. The number of carbonyl (C=O) groups is 1. The average molecular weight is 196 g/mol. The standard InChI is InChI=1S/C8H12N4O2/c13-8(14)6-1-3-7(4-2-6)12-5-9-10-11-12/h5-7H,1-4H2,(H,13,14)/t6-,7-. The fourth-order valence-corrected chi connectivity index (χ4v) is 1.92. The van der Waals surface area contributed by atoms with E-state index in [1.165, 1.54) is 0 Å². The van der Waals surface area contributed by atoms with Crippen LogP contribution in [0, 0.1) is 5.92 Å². The summed E-state index contributed by atoms with van der Waals surface area (Å²) in [5, 5.41) is 19.8. The second-order valence-corrected chi connectivity index (χ2v) is 3.63. The molecule has 0 aromatic carbocycles. The normalized spacial score (nSPS) is 27.4. The van der Waals surface area contributed by atoms with Crippen LogP contribution in [-0.4, -0.2) is 31.3 Å². The maximum atomic E-state index is 10.7. The molecule has 0 radical (unpaired) electrons. The van der Waals surface area contributed by atoms with Crippen LogP contribution in [0.4, 0.5) is 0 Å².